The van der Waals surface area contributed by atoms with Crippen molar-refractivity contribution >= 4 is 23.1 Å². The second kappa shape index (κ2) is 6.61. The van der Waals surface area contributed by atoms with E-state index in [9.17, 15) is 4.79 Å². The molecule has 1 saturated heterocycles. The molecule has 3 rings (SSSR count). The molecule has 0 spiro atoms. The van der Waals surface area contributed by atoms with Crippen molar-refractivity contribution in [3.8, 4) is 0 Å². The van der Waals surface area contributed by atoms with Crippen LogP contribution in [0.25, 0.3) is 11.0 Å². The lowest BCUT2D eigenvalue weighted by Gasteiger charge is -2.18. The summed E-state index contributed by atoms with van der Waals surface area (Å²) in [6.45, 7) is 2.10. The summed E-state index contributed by atoms with van der Waals surface area (Å²) in [4.78, 5) is 26.5. The van der Waals surface area contributed by atoms with Crippen LogP contribution in [0.4, 0.5) is 5.82 Å². The molecule has 5 heteroatoms. The van der Waals surface area contributed by atoms with E-state index in [1.165, 1.54) is 12.8 Å². The smallest absolute Gasteiger partial charge is 0.158 e. The third kappa shape index (κ3) is 3.17. The van der Waals surface area contributed by atoms with Crippen molar-refractivity contribution in [1.82, 2.24) is 15.0 Å². The zero-order chi connectivity index (χ0) is 14.5. The highest BCUT2D eigenvalue weighted by Gasteiger charge is 2.18. The van der Waals surface area contributed by atoms with Gasteiger partial charge in [-0.25, -0.2) is 9.97 Å². The maximum absolute atomic E-state index is 10.4. The summed E-state index contributed by atoms with van der Waals surface area (Å²) < 4.78 is 0. The third-order valence-electron chi connectivity index (χ3n) is 3.86. The Morgan fingerprint density at radius 1 is 1.19 bits per heavy atom. The molecule has 0 radical (unpaired) electrons. The maximum atomic E-state index is 10.4. The molecule has 2 aromatic heterocycles. The standard InChI is InChI=1S/C16H20N4O/c21-12-5-1-2-8-14-18-13-7-6-9-17-15(13)16(19-14)20-10-3-4-11-20/h6-7,9,12H,1-5,8,10-11H2. The lowest BCUT2D eigenvalue weighted by atomic mass is 10.2. The van der Waals surface area contributed by atoms with Gasteiger partial charge < -0.3 is 9.69 Å². The molecule has 0 amide bonds. The van der Waals surface area contributed by atoms with E-state index in [0.717, 1.165) is 61.3 Å². The van der Waals surface area contributed by atoms with Gasteiger partial charge in [-0.1, -0.05) is 0 Å². The van der Waals surface area contributed by atoms with Crippen molar-refractivity contribution in [2.75, 3.05) is 18.0 Å². The Labute approximate surface area is 124 Å². The number of hydrogen-bond donors (Lipinski definition) is 0. The monoisotopic (exact) mass is 284 g/mol. The van der Waals surface area contributed by atoms with Gasteiger partial charge in [0.1, 0.15) is 17.6 Å². The first-order valence-corrected chi connectivity index (χ1v) is 7.69. The molecule has 2 aromatic rings. The van der Waals surface area contributed by atoms with Crippen molar-refractivity contribution in [3.05, 3.63) is 24.2 Å². The predicted molar refractivity (Wildman–Crippen MR) is 82.4 cm³/mol. The minimum Gasteiger partial charge on any atom is -0.355 e. The summed E-state index contributed by atoms with van der Waals surface area (Å²) in [6, 6.07) is 3.91. The van der Waals surface area contributed by atoms with Crippen LogP contribution in [0, 0.1) is 0 Å². The number of rotatable bonds is 6. The van der Waals surface area contributed by atoms with E-state index >= 15 is 0 Å². The van der Waals surface area contributed by atoms with Crippen LogP contribution in [0.2, 0.25) is 0 Å². The van der Waals surface area contributed by atoms with Crippen LogP contribution in [0.5, 0.6) is 0 Å². The molecule has 110 valence electrons. The fourth-order valence-corrected chi connectivity index (χ4v) is 2.77. The van der Waals surface area contributed by atoms with Crippen LogP contribution < -0.4 is 4.90 Å². The van der Waals surface area contributed by atoms with Crippen molar-refractivity contribution < 1.29 is 4.79 Å². The molecule has 0 saturated carbocycles. The Morgan fingerprint density at radius 2 is 2.05 bits per heavy atom. The number of fused-ring (bicyclic) bond motifs is 1. The number of carbonyl (C=O) groups is 1. The molecule has 1 aliphatic rings. The summed E-state index contributed by atoms with van der Waals surface area (Å²) in [5, 5.41) is 0. The number of aromatic nitrogens is 3. The van der Waals surface area contributed by atoms with Gasteiger partial charge in [-0.2, -0.15) is 0 Å². The number of unbranched alkanes of at least 4 members (excludes halogenated alkanes) is 2. The summed E-state index contributed by atoms with van der Waals surface area (Å²) >= 11 is 0. The van der Waals surface area contributed by atoms with E-state index in [-0.39, 0.29) is 0 Å². The van der Waals surface area contributed by atoms with Gasteiger partial charge in [0, 0.05) is 32.1 Å². The lowest BCUT2D eigenvalue weighted by molar-refractivity contribution is -0.107. The number of aryl methyl sites for hydroxylation is 1. The number of carbonyl (C=O) groups excluding carboxylic acids is 1. The van der Waals surface area contributed by atoms with Crippen LogP contribution in [-0.2, 0) is 11.2 Å². The molecule has 21 heavy (non-hydrogen) atoms. The molecule has 0 aromatic carbocycles. The largest absolute Gasteiger partial charge is 0.355 e. The normalized spacial score (nSPS) is 14.8. The minimum atomic E-state index is 0.619. The molecule has 5 nitrogen and oxygen atoms in total. The Balaban J connectivity index is 1.88. The van der Waals surface area contributed by atoms with Gasteiger partial charge >= 0.3 is 0 Å². The van der Waals surface area contributed by atoms with E-state index in [0.29, 0.717) is 6.42 Å². The van der Waals surface area contributed by atoms with Crippen LogP contribution in [0.3, 0.4) is 0 Å². The highest BCUT2D eigenvalue weighted by molar-refractivity contribution is 5.85. The second-order valence-corrected chi connectivity index (χ2v) is 5.44. The molecule has 0 unspecified atom stereocenters. The summed E-state index contributed by atoms with van der Waals surface area (Å²) in [6.07, 6.45) is 8.49. The average molecular weight is 284 g/mol. The van der Waals surface area contributed by atoms with Gasteiger partial charge in [-0.3, -0.25) is 4.98 Å². The first kappa shape index (κ1) is 13.9. The highest BCUT2D eigenvalue weighted by Crippen LogP contribution is 2.25. The van der Waals surface area contributed by atoms with Crippen LogP contribution in [0.15, 0.2) is 18.3 Å². The number of nitrogens with zero attached hydrogens (tertiary/aromatic N) is 4. The molecular formula is C16H20N4O. The van der Waals surface area contributed by atoms with E-state index < -0.39 is 0 Å². The molecule has 0 aliphatic carbocycles. The van der Waals surface area contributed by atoms with E-state index in [4.69, 9.17) is 4.98 Å². The topological polar surface area (TPSA) is 59.0 Å². The van der Waals surface area contributed by atoms with Crippen molar-refractivity contribution in [2.24, 2.45) is 0 Å². The number of pyridine rings is 1. The van der Waals surface area contributed by atoms with E-state index in [2.05, 4.69) is 14.9 Å². The van der Waals surface area contributed by atoms with Crippen LogP contribution in [-0.4, -0.2) is 34.3 Å². The number of hydrogen-bond acceptors (Lipinski definition) is 5. The quantitative estimate of drug-likeness (QED) is 0.602. The summed E-state index contributed by atoms with van der Waals surface area (Å²) in [5.41, 5.74) is 1.82. The Bertz CT molecular complexity index is 623. The van der Waals surface area contributed by atoms with Gasteiger partial charge in [-0.15, -0.1) is 0 Å². The molecule has 1 fully saturated rings. The zero-order valence-electron chi connectivity index (χ0n) is 12.2. The van der Waals surface area contributed by atoms with Crippen molar-refractivity contribution in [1.29, 1.82) is 0 Å². The van der Waals surface area contributed by atoms with E-state index in [1.807, 2.05) is 12.1 Å². The first-order chi connectivity index (χ1) is 10.4. The Morgan fingerprint density at radius 3 is 2.86 bits per heavy atom. The minimum absolute atomic E-state index is 0.619. The SMILES string of the molecule is O=CCCCCc1nc(N2CCCC2)c2ncccc2n1. The van der Waals surface area contributed by atoms with Gasteiger partial charge in [0.25, 0.3) is 0 Å². The molecule has 0 N–H and O–H groups in total. The van der Waals surface area contributed by atoms with E-state index in [1.54, 1.807) is 6.20 Å². The first-order valence-electron chi connectivity index (χ1n) is 7.69. The second-order valence-electron chi connectivity index (χ2n) is 5.44. The Kier molecular flexibility index (Phi) is 4.38. The molecular weight excluding hydrogens is 264 g/mol. The molecule has 1 aliphatic heterocycles. The molecule has 3 heterocycles. The third-order valence-corrected chi connectivity index (χ3v) is 3.86. The summed E-state index contributed by atoms with van der Waals surface area (Å²) in [7, 11) is 0. The lowest BCUT2D eigenvalue weighted by Crippen LogP contribution is -2.20. The Hall–Kier alpha value is -2.04. The predicted octanol–water partition coefficient (Wildman–Crippen LogP) is 2.54. The highest BCUT2D eigenvalue weighted by atomic mass is 16.1. The van der Waals surface area contributed by atoms with Gasteiger partial charge in [0.15, 0.2) is 5.82 Å². The zero-order valence-corrected chi connectivity index (χ0v) is 12.2. The molecule has 0 atom stereocenters. The fourth-order valence-electron chi connectivity index (χ4n) is 2.77. The van der Waals surface area contributed by atoms with Crippen molar-refractivity contribution in [3.63, 3.8) is 0 Å². The van der Waals surface area contributed by atoms with Crippen molar-refractivity contribution in [2.45, 2.75) is 38.5 Å². The molecule has 0 bridgehead atoms. The van der Waals surface area contributed by atoms with Gasteiger partial charge in [0.05, 0.1) is 5.52 Å². The van der Waals surface area contributed by atoms with Crippen LogP contribution in [0.1, 0.15) is 37.9 Å². The van der Waals surface area contributed by atoms with Gasteiger partial charge in [0.2, 0.25) is 0 Å². The summed E-state index contributed by atoms with van der Waals surface area (Å²) in [5.74, 6) is 1.84. The fraction of sp³-hybridized carbons (Fsp3) is 0.500. The maximum Gasteiger partial charge on any atom is 0.158 e. The number of aldehydes is 1. The van der Waals surface area contributed by atoms with Gasteiger partial charge in [-0.05, 0) is 37.8 Å². The average Bonchev–Trinajstić information content (AvgIpc) is 3.05. The van der Waals surface area contributed by atoms with Crippen LogP contribution >= 0.6 is 0 Å². The number of anilines is 1.